The smallest absolute Gasteiger partial charge is 0.244 e. The van der Waals surface area contributed by atoms with Crippen LogP contribution in [0.4, 0.5) is 16.5 Å². The van der Waals surface area contributed by atoms with Gasteiger partial charge in [-0.15, -0.1) is 11.3 Å². The van der Waals surface area contributed by atoms with Gasteiger partial charge in [-0.25, -0.2) is 13.4 Å². The molecular weight excluding hydrogens is 552 g/mol. The van der Waals surface area contributed by atoms with Crippen LogP contribution in [0, 0.1) is 12.8 Å². The number of anilines is 3. The van der Waals surface area contributed by atoms with Gasteiger partial charge >= 0.3 is 0 Å². The quantitative estimate of drug-likeness (QED) is 0.452. The Kier molecular flexibility index (Phi) is 7.58. The maximum atomic E-state index is 13.5. The molecule has 184 valence electrons. The molecular formula is C24H25BrN4O4S2. The Bertz CT molecular complexity index is 1340. The van der Waals surface area contributed by atoms with Crippen LogP contribution in [-0.4, -0.2) is 43.3 Å². The van der Waals surface area contributed by atoms with Crippen molar-refractivity contribution >= 4 is 65.4 Å². The standard InChI is InChI=1S/C24H25BrN4O4S2/c1-15-12-18(25)4-7-21(15)29(23(31)17-8-10-35(32,33)11-9-17)13-22(30)27-19-5-2-16(3-6-19)20-14-34-24(26)28-20/h2-7,12,14,17H,8-11,13H2,1H3,(H2,26,28)(H,27,30). The number of rotatable bonds is 6. The Morgan fingerprint density at radius 3 is 2.46 bits per heavy atom. The first-order valence-corrected chi connectivity index (χ1v) is 14.5. The summed E-state index contributed by atoms with van der Waals surface area (Å²) in [4.78, 5) is 32.2. The van der Waals surface area contributed by atoms with Gasteiger partial charge in [0.25, 0.3) is 0 Å². The van der Waals surface area contributed by atoms with E-state index in [4.69, 9.17) is 5.73 Å². The molecule has 1 fully saturated rings. The van der Waals surface area contributed by atoms with Crippen LogP contribution < -0.4 is 16.0 Å². The first kappa shape index (κ1) is 25.3. The third-order valence-corrected chi connectivity index (χ3v) is 8.79. The Balaban J connectivity index is 1.51. The predicted molar refractivity (Wildman–Crippen MR) is 143 cm³/mol. The van der Waals surface area contributed by atoms with E-state index in [1.54, 1.807) is 18.2 Å². The number of aromatic nitrogens is 1. The van der Waals surface area contributed by atoms with Gasteiger partial charge in [0.2, 0.25) is 11.8 Å². The number of carbonyl (C=O) groups excluding carboxylic acids is 2. The first-order chi connectivity index (χ1) is 16.6. The molecule has 2 heterocycles. The topological polar surface area (TPSA) is 122 Å². The van der Waals surface area contributed by atoms with Crippen molar-refractivity contribution in [3.05, 3.63) is 57.9 Å². The van der Waals surface area contributed by atoms with Crippen molar-refractivity contribution in [3.8, 4) is 11.3 Å². The lowest BCUT2D eigenvalue weighted by atomic mass is 10.00. The average molecular weight is 578 g/mol. The van der Waals surface area contributed by atoms with E-state index in [1.165, 1.54) is 16.2 Å². The lowest BCUT2D eigenvalue weighted by Gasteiger charge is -2.30. The molecule has 0 radical (unpaired) electrons. The van der Waals surface area contributed by atoms with Crippen molar-refractivity contribution in [2.75, 3.05) is 34.0 Å². The molecule has 0 bridgehead atoms. The number of benzene rings is 2. The fraction of sp³-hybridized carbons (Fsp3) is 0.292. The zero-order valence-corrected chi connectivity index (χ0v) is 22.2. The molecule has 3 aromatic rings. The van der Waals surface area contributed by atoms with Gasteiger partial charge in [0.15, 0.2) is 5.13 Å². The zero-order chi connectivity index (χ0) is 25.2. The Labute approximate surface area is 216 Å². The molecule has 0 unspecified atom stereocenters. The molecule has 1 saturated heterocycles. The highest BCUT2D eigenvalue weighted by Gasteiger charge is 2.33. The number of nitrogens with zero attached hydrogens (tertiary/aromatic N) is 2. The van der Waals surface area contributed by atoms with Gasteiger partial charge in [-0.1, -0.05) is 28.1 Å². The predicted octanol–water partition coefficient (Wildman–Crippen LogP) is 4.26. The highest BCUT2D eigenvalue weighted by Crippen LogP contribution is 2.29. The first-order valence-electron chi connectivity index (χ1n) is 11.0. The molecule has 35 heavy (non-hydrogen) atoms. The molecule has 4 rings (SSSR count). The van der Waals surface area contributed by atoms with Crippen LogP contribution in [0.25, 0.3) is 11.3 Å². The number of halogens is 1. The molecule has 2 amide bonds. The molecule has 1 aliphatic heterocycles. The van der Waals surface area contributed by atoms with Crippen LogP contribution in [0.15, 0.2) is 52.3 Å². The summed E-state index contributed by atoms with van der Waals surface area (Å²) in [6.07, 6.45) is 0.523. The normalized spacial score (nSPS) is 15.5. The third kappa shape index (κ3) is 6.28. The molecule has 0 atom stereocenters. The van der Waals surface area contributed by atoms with Crippen LogP contribution in [0.5, 0.6) is 0 Å². The second kappa shape index (κ2) is 10.5. The van der Waals surface area contributed by atoms with Crippen LogP contribution in [0.2, 0.25) is 0 Å². The lowest BCUT2D eigenvalue weighted by molar-refractivity contribution is -0.124. The van der Waals surface area contributed by atoms with Crippen LogP contribution in [-0.2, 0) is 19.4 Å². The number of nitrogen functional groups attached to an aromatic ring is 1. The summed E-state index contributed by atoms with van der Waals surface area (Å²) < 4.78 is 24.5. The highest BCUT2D eigenvalue weighted by molar-refractivity contribution is 9.10. The number of nitrogens with one attached hydrogen (secondary N) is 1. The van der Waals surface area contributed by atoms with Crippen molar-refractivity contribution < 1.29 is 18.0 Å². The summed E-state index contributed by atoms with van der Waals surface area (Å²) in [5, 5.41) is 5.20. The summed E-state index contributed by atoms with van der Waals surface area (Å²) in [6, 6.07) is 12.7. The van der Waals surface area contributed by atoms with Crippen molar-refractivity contribution in [1.82, 2.24) is 4.98 Å². The average Bonchev–Trinajstić information content (AvgIpc) is 3.24. The highest BCUT2D eigenvalue weighted by atomic mass is 79.9. The van der Waals surface area contributed by atoms with E-state index in [9.17, 15) is 18.0 Å². The number of hydrogen-bond donors (Lipinski definition) is 2. The number of carbonyl (C=O) groups is 2. The van der Waals surface area contributed by atoms with Gasteiger partial charge in [0.05, 0.1) is 17.2 Å². The Morgan fingerprint density at radius 1 is 1.17 bits per heavy atom. The Hall–Kier alpha value is -2.76. The maximum Gasteiger partial charge on any atom is 0.244 e. The van der Waals surface area contributed by atoms with Crippen LogP contribution in [0.3, 0.4) is 0 Å². The van der Waals surface area contributed by atoms with E-state index in [1.807, 2.05) is 36.6 Å². The third-order valence-electron chi connectivity index (χ3n) is 5.91. The molecule has 2 aromatic carbocycles. The molecule has 1 aliphatic rings. The minimum absolute atomic E-state index is 0.0141. The number of nitrogens with two attached hydrogens (primary N) is 1. The molecule has 3 N–H and O–H groups in total. The summed E-state index contributed by atoms with van der Waals surface area (Å²) in [5.74, 6) is -1.06. The summed E-state index contributed by atoms with van der Waals surface area (Å²) in [5.41, 5.74) is 9.39. The van der Waals surface area contributed by atoms with Crippen LogP contribution in [0.1, 0.15) is 18.4 Å². The fourth-order valence-electron chi connectivity index (χ4n) is 4.05. The minimum Gasteiger partial charge on any atom is -0.375 e. The SMILES string of the molecule is Cc1cc(Br)ccc1N(CC(=O)Nc1ccc(-c2csc(N)n2)cc1)C(=O)C1CCS(=O)(=O)CC1. The molecule has 0 saturated carbocycles. The fourth-order valence-corrected chi connectivity index (χ4v) is 6.59. The summed E-state index contributed by atoms with van der Waals surface area (Å²) in [6.45, 7) is 1.68. The van der Waals surface area contributed by atoms with E-state index in [0.29, 0.717) is 16.5 Å². The van der Waals surface area contributed by atoms with E-state index < -0.39 is 15.8 Å². The molecule has 0 spiro atoms. The van der Waals surface area contributed by atoms with Crippen molar-refractivity contribution in [3.63, 3.8) is 0 Å². The maximum absolute atomic E-state index is 13.5. The van der Waals surface area contributed by atoms with E-state index >= 15 is 0 Å². The second-order valence-electron chi connectivity index (χ2n) is 8.48. The van der Waals surface area contributed by atoms with Crippen molar-refractivity contribution in [1.29, 1.82) is 0 Å². The van der Waals surface area contributed by atoms with Gasteiger partial charge in [-0.05, 0) is 55.7 Å². The van der Waals surface area contributed by atoms with Crippen molar-refractivity contribution in [2.45, 2.75) is 19.8 Å². The molecule has 0 aliphatic carbocycles. The van der Waals surface area contributed by atoms with Crippen molar-refractivity contribution in [2.24, 2.45) is 5.92 Å². The largest absolute Gasteiger partial charge is 0.375 e. The summed E-state index contributed by atoms with van der Waals surface area (Å²) >= 11 is 4.79. The number of hydrogen-bond acceptors (Lipinski definition) is 7. The number of sulfone groups is 1. The molecule has 11 heteroatoms. The zero-order valence-electron chi connectivity index (χ0n) is 19.0. The number of thiazole rings is 1. The van der Waals surface area contributed by atoms with Gasteiger partial charge in [0, 0.05) is 32.7 Å². The number of amides is 2. The monoisotopic (exact) mass is 576 g/mol. The van der Waals surface area contributed by atoms with Gasteiger partial charge in [-0.2, -0.15) is 0 Å². The van der Waals surface area contributed by atoms with Gasteiger partial charge < -0.3 is 16.0 Å². The van der Waals surface area contributed by atoms with Crippen LogP contribution >= 0.6 is 27.3 Å². The van der Waals surface area contributed by atoms with E-state index in [2.05, 4.69) is 26.2 Å². The van der Waals surface area contributed by atoms with E-state index in [-0.39, 0.29) is 42.7 Å². The minimum atomic E-state index is -3.11. The van der Waals surface area contributed by atoms with E-state index in [0.717, 1.165) is 21.3 Å². The van der Waals surface area contributed by atoms with Gasteiger partial charge in [0.1, 0.15) is 16.4 Å². The Morgan fingerprint density at radius 2 is 1.86 bits per heavy atom. The molecule has 8 nitrogen and oxygen atoms in total. The lowest BCUT2D eigenvalue weighted by Crippen LogP contribution is -2.44. The second-order valence-corrected chi connectivity index (χ2v) is 12.6. The number of aryl methyl sites for hydroxylation is 1. The molecule has 1 aromatic heterocycles. The summed E-state index contributed by atoms with van der Waals surface area (Å²) in [7, 11) is -3.11. The van der Waals surface area contributed by atoms with Gasteiger partial charge in [-0.3, -0.25) is 9.59 Å².